The van der Waals surface area contributed by atoms with E-state index in [-0.39, 0.29) is 5.82 Å². The third kappa shape index (κ3) is 0.940. The summed E-state index contributed by atoms with van der Waals surface area (Å²) < 4.78 is 13.9. The van der Waals surface area contributed by atoms with E-state index in [0.717, 1.165) is 4.70 Å². The van der Waals surface area contributed by atoms with Gasteiger partial charge in [0.05, 0.1) is 0 Å². The van der Waals surface area contributed by atoms with Crippen molar-refractivity contribution in [3.63, 3.8) is 0 Å². The zero-order chi connectivity index (χ0) is 8.55. The van der Waals surface area contributed by atoms with Gasteiger partial charge in [-0.25, -0.2) is 4.39 Å². The summed E-state index contributed by atoms with van der Waals surface area (Å²) in [6.07, 6.45) is 0.682. The van der Waals surface area contributed by atoms with E-state index in [0.29, 0.717) is 17.2 Å². The van der Waals surface area contributed by atoms with E-state index in [1.807, 2.05) is 0 Å². The summed E-state index contributed by atoms with van der Waals surface area (Å²) in [4.78, 5) is 10.5. The molecule has 0 aliphatic rings. The van der Waals surface area contributed by atoms with Crippen molar-refractivity contribution in [1.29, 1.82) is 0 Å². The fourth-order valence-corrected chi connectivity index (χ4v) is 2.07. The molecular weight excluding hydrogens is 175 g/mol. The van der Waals surface area contributed by atoms with Gasteiger partial charge in [-0.05, 0) is 12.1 Å². The van der Waals surface area contributed by atoms with Crippen molar-refractivity contribution in [2.45, 2.75) is 0 Å². The summed E-state index contributed by atoms with van der Waals surface area (Å²) >= 11 is 1.38. The van der Waals surface area contributed by atoms with Crippen LogP contribution in [0.4, 0.5) is 4.39 Å². The second kappa shape index (κ2) is 2.68. The van der Waals surface area contributed by atoms with Crippen LogP contribution in [-0.2, 0) is 0 Å². The molecule has 1 aromatic heterocycles. The lowest BCUT2D eigenvalue weighted by Gasteiger charge is -1.91. The third-order valence-electron chi connectivity index (χ3n) is 1.70. The number of hydrogen-bond donors (Lipinski definition) is 0. The van der Waals surface area contributed by atoms with Crippen LogP contribution in [0.1, 0.15) is 10.4 Å². The molecule has 1 aromatic carbocycles. The first kappa shape index (κ1) is 7.43. The normalized spacial score (nSPS) is 10.4. The first-order valence-corrected chi connectivity index (χ1v) is 4.32. The van der Waals surface area contributed by atoms with Crippen LogP contribution in [0.3, 0.4) is 0 Å². The summed E-state index contributed by atoms with van der Waals surface area (Å²) in [7, 11) is 0. The number of fused-ring (bicyclic) bond motifs is 1. The zero-order valence-corrected chi connectivity index (χ0v) is 6.90. The molecule has 0 saturated carbocycles. The molecule has 1 heterocycles. The van der Waals surface area contributed by atoms with Crippen molar-refractivity contribution in [2.24, 2.45) is 0 Å². The van der Waals surface area contributed by atoms with E-state index in [2.05, 4.69) is 0 Å². The first-order chi connectivity index (χ1) is 5.83. The average Bonchev–Trinajstić information content (AvgIpc) is 2.49. The highest BCUT2D eigenvalue weighted by atomic mass is 32.1. The number of thiophene rings is 1. The number of rotatable bonds is 1. The van der Waals surface area contributed by atoms with Crippen LogP contribution >= 0.6 is 11.3 Å². The minimum absolute atomic E-state index is 0.323. The van der Waals surface area contributed by atoms with Gasteiger partial charge in [0.15, 0.2) is 6.29 Å². The molecule has 0 bridgehead atoms. The molecule has 0 atom stereocenters. The van der Waals surface area contributed by atoms with Crippen LogP contribution in [0.15, 0.2) is 23.6 Å². The number of benzene rings is 1. The number of hydrogen-bond acceptors (Lipinski definition) is 2. The Kier molecular flexibility index (Phi) is 1.66. The Hall–Kier alpha value is -1.22. The van der Waals surface area contributed by atoms with Crippen molar-refractivity contribution in [3.8, 4) is 0 Å². The van der Waals surface area contributed by atoms with E-state index in [4.69, 9.17) is 0 Å². The molecule has 2 aromatic rings. The molecular formula is C9H5FOS. The maximum Gasteiger partial charge on any atom is 0.151 e. The summed E-state index contributed by atoms with van der Waals surface area (Å²) in [6, 6.07) is 4.81. The topological polar surface area (TPSA) is 17.1 Å². The summed E-state index contributed by atoms with van der Waals surface area (Å²) in [5.41, 5.74) is 0.438. The first-order valence-electron chi connectivity index (χ1n) is 3.44. The van der Waals surface area contributed by atoms with Crippen LogP contribution in [0.5, 0.6) is 0 Å². The van der Waals surface area contributed by atoms with Gasteiger partial charge in [-0.1, -0.05) is 6.07 Å². The largest absolute Gasteiger partial charge is 0.298 e. The van der Waals surface area contributed by atoms with Crippen LogP contribution in [-0.4, -0.2) is 6.29 Å². The number of halogens is 1. The van der Waals surface area contributed by atoms with E-state index in [1.165, 1.54) is 17.4 Å². The predicted octanol–water partition coefficient (Wildman–Crippen LogP) is 2.85. The Morgan fingerprint density at radius 1 is 1.42 bits per heavy atom. The minimum Gasteiger partial charge on any atom is -0.298 e. The van der Waals surface area contributed by atoms with Gasteiger partial charge in [0.2, 0.25) is 0 Å². The molecule has 60 valence electrons. The van der Waals surface area contributed by atoms with Gasteiger partial charge < -0.3 is 0 Å². The maximum absolute atomic E-state index is 13.1. The third-order valence-corrected chi connectivity index (χ3v) is 2.67. The molecule has 0 amide bonds. The molecule has 2 rings (SSSR count). The molecule has 12 heavy (non-hydrogen) atoms. The monoisotopic (exact) mass is 180 g/mol. The summed E-state index contributed by atoms with van der Waals surface area (Å²) in [5, 5.41) is 2.11. The van der Waals surface area contributed by atoms with Gasteiger partial charge >= 0.3 is 0 Å². The van der Waals surface area contributed by atoms with Crippen molar-refractivity contribution >= 4 is 27.7 Å². The molecule has 0 aliphatic heterocycles. The standard InChI is InChI=1S/C9H5FOS/c10-7-2-1-3-8-9(7)6(4-11)5-12-8/h1-5H. The average molecular weight is 180 g/mol. The van der Waals surface area contributed by atoms with E-state index in [9.17, 15) is 9.18 Å². The van der Waals surface area contributed by atoms with Crippen LogP contribution in [0, 0.1) is 5.82 Å². The van der Waals surface area contributed by atoms with Crippen molar-refractivity contribution < 1.29 is 9.18 Å². The molecule has 0 radical (unpaired) electrons. The van der Waals surface area contributed by atoms with Gasteiger partial charge in [0.1, 0.15) is 5.82 Å². The predicted molar refractivity (Wildman–Crippen MR) is 47.2 cm³/mol. The van der Waals surface area contributed by atoms with Gasteiger partial charge in [0, 0.05) is 21.0 Å². The SMILES string of the molecule is O=Cc1csc2cccc(F)c12. The highest BCUT2D eigenvalue weighted by molar-refractivity contribution is 7.17. The van der Waals surface area contributed by atoms with Crippen LogP contribution in [0.2, 0.25) is 0 Å². The molecule has 0 aliphatic carbocycles. The smallest absolute Gasteiger partial charge is 0.151 e. The van der Waals surface area contributed by atoms with Crippen LogP contribution < -0.4 is 0 Å². The van der Waals surface area contributed by atoms with E-state index >= 15 is 0 Å². The van der Waals surface area contributed by atoms with E-state index < -0.39 is 0 Å². The lowest BCUT2D eigenvalue weighted by atomic mass is 10.2. The lowest BCUT2D eigenvalue weighted by molar-refractivity contribution is 0.112. The highest BCUT2D eigenvalue weighted by Gasteiger charge is 2.06. The molecule has 0 saturated heterocycles. The van der Waals surface area contributed by atoms with Gasteiger partial charge in [-0.3, -0.25) is 4.79 Å². The second-order valence-electron chi connectivity index (χ2n) is 2.42. The Morgan fingerprint density at radius 3 is 3.00 bits per heavy atom. The Morgan fingerprint density at radius 2 is 2.25 bits per heavy atom. The van der Waals surface area contributed by atoms with E-state index in [1.54, 1.807) is 17.5 Å². The molecule has 3 heteroatoms. The van der Waals surface area contributed by atoms with Gasteiger partial charge in [0.25, 0.3) is 0 Å². The van der Waals surface area contributed by atoms with Crippen LogP contribution in [0.25, 0.3) is 10.1 Å². The van der Waals surface area contributed by atoms with Gasteiger partial charge in [-0.15, -0.1) is 11.3 Å². The second-order valence-corrected chi connectivity index (χ2v) is 3.33. The fraction of sp³-hybridized carbons (Fsp3) is 0. The molecule has 0 N–H and O–H groups in total. The number of carbonyl (C=O) groups excluding carboxylic acids is 1. The zero-order valence-electron chi connectivity index (χ0n) is 6.08. The lowest BCUT2D eigenvalue weighted by Crippen LogP contribution is -1.79. The van der Waals surface area contributed by atoms with Crippen molar-refractivity contribution in [3.05, 3.63) is 35.0 Å². The van der Waals surface area contributed by atoms with Crippen molar-refractivity contribution in [2.75, 3.05) is 0 Å². The quantitative estimate of drug-likeness (QED) is 0.617. The molecule has 0 unspecified atom stereocenters. The number of aldehydes is 1. The Labute approximate surface area is 72.4 Å². The maximum atomic E-state index is 13.1. The summed E-state index contributed by atoms with van der Waals surface area (Å²) in [6.45, 7) is 0. The molecule has 1 nitrogen and oxygen atoms in total. The number of carbonyl (C=O) groups is 1. The summed E-state index contributed by atoms with van der Waals surface area (Å²) in [5.74, 6) is -0.323. The molecule has 0 spiro atoms. The Bertz CT molecular complexity index is 433. The minimum atomic E-state index is -0.323. The van der Waals surface area contributed by atoms with Gasteiger partial charge in [-0.2, -0.15) is 0 Å². The Balaban J connectivity index is 2.91. The molecule has 0 fully saturated rings. The highest BCUT2D eigenvalue weighted by Crippen LogP contribution is 2.26. The van der Waals surface area contributed by atoms with Crippen molar-refractivity contribution in [1.82, 2.24) is 0 Å². The fourth-order valence-electron chi connectivity index (χ4n) is 1.16.